The second-order valence-electron chi connectivity index (χ2n) is 9.19. The van der Waals surface area contributed by atoms with Crippen LogP contribution in [0.1, 0.15) is 57.7 Å². The molecule has 36 heavy (non-hydrogen) atoms. The minimum atomic E-state index is -0.300. The second kappa shape index (κ2) is 13.1. The van der Waals surface area contributed by atoms with Gasteiger partial charge in [-0.3, -0.25) is 14.5 Å². The van der Waals surface area contributed by atoms with Gasteiger partial charge in [0.25, 0.3) is 0 Å². The highest BCUT2D eigenvalue weighted by molar-refractivity contribution is 5.94. The molecule has 0 bridgehead atoms. The molecule has 1 atom stereocenters. The second-order valence-corrected chi connectivity index (χ2v) is 9.19. The van der Waals surface area contributed by atoms with E-state index in [0.29, 0.717) is 24.3 Å². The van der Waals surface area contributed by atoms with Crippen LogP contribution in [0.2, 0.25) is 0 Å². The number of nitriles is 1. The Balaban J connectivity index is 1.74. The van der Waals surface area contributed by atoms with Crippen molar-refractivity contribution in [3.63, 3.8) is 0 Å². The normalized spacial score (nSPS) is 14.8. The topological polar surface area (TPSA) is 79.7 Å². The molecule has 1 fully saturated rings. The summed E-state index contributed by atoms with van der Waals surface area (Å²) in [6.45, 7) is 12.4. The average Bonchev–Trinajstić information content (AvgIpc) is 2.91. The van der Waals surface area contributed by atoms with Gasteiger partial charge in [-0.1, -0.05) is 44.2 Å². The molecule has 1 heterocycles. The Morgan fingerprint density at radius 2 is 1.61 bits per heavy atom. The molecule has 0 saturated carbocycles. The van der Waals surface area contributed by atoms with Gasteiger partial charge in [-0.25, -0.2) is 0 Å². The van der Waals surface area contributed by atoms with Crippen LogP contribution in [0.3, 0.4) is 0 Å². The Labute approximate surface area is 215 Å². The SMILES string of the molecule is CCC(CC)C(=O)Nc1ccc(N2CCN(C(C(=O)N(CC)CC)c3ccccc3)CC2)cc1C#N. The van der Waals surface area contributed by atoms with E-state index in [1.54, 1.807) is 0 Å². The van der Waals surface area contributed by atoms with Crippen LogP contribution in [0.5, 0.6) is 0 Å². The van der Waals surface area contributed by atoms with E-state index in [0.717, 1.165) is 50.3 Å². The maximum Gasteiger partial charge on any atom is 0.244 e. The van der Waals surface area contributed by atoms with Crippen LogP contribution in [0.15, 0.2) is 48.5 Å². The molecule has 1 aliphatic heterocycles. The Hall–Kier alpha value is -3.37. The molecule has 0 aromatic heterocycles. The molecule has 1 aliphatic rings. The summed E-state index contributed by atoms with van der Waals surface area (Å²) in [5, 5.41) is 12.7. The van der Waals surface area contributed by atoms with Gasteiger partial charge in [0, 0.05) is 50.9 Å². The molecule has 0 aliphatic carbocycles. The summed E-state index contributed by atoms with van der Waals surface area (Å²) in [4.78, 5) is 32.4. The lowest BCUT2D eigenvalue weighted by molar-refractivity contribution is -0.137. The number of likely N-dealkylation sites (N-methyl/N-ethyl adjacent to an activating group) is 1. The quantitative estimate of drug-likeness (QED) is 0.525. The molecular formula is C29H39N5O2. The highest BCUT2D eigenvalue weighted by Crippen LogP contribution is 2.28. The molecule has 7 heteroatoms. The van der Waals surface area contributed by atoms with Crippen LogP contribution in [-0.4, -0.2) is 60.9 Å². The highest BCUT2D eigenvalue weighted by Gasteiger charge is 2.32. The van der Waals surface area contributed by atoms with Crippen molar-refractivity contribution in [1.29, 1.82) is 5.26 Å². The molecule has 2 aromatic rings. The summed E-state index contributed by atoms with van der Waals surface area (Å²) in [5.41, 5.74) is 3.00. The van der Waals surface area contributed by atoms with Gasteiger partial charge in [0.2, 0.25) is 11.8 Å². The van der Waals surface area contributed by atoms with E-state index >= 15 is 0 Å². The van der Waals surface area contributed by atoms with Crippen molar-refractivity contribution in [2.45, 2.75) is 46.6 Å². The Bertz CT molecular complexity index is 1050. The van der Waals surface area contributed by atoms with E-state index in [9.17, 15) is 14.9 Å². The molecular weight excluding hydrogens is 450 g/mol. The van der Waals surface area contributed by atoms with Crippen molar-refractivity contribution in [3.05, 3.63) is 59.7 Å². The van der Waals surface area contributed by atoms with E-state index < -0.39 is 0 Å². The van der Waals surface area contributed by atoms with Gasteiger partial charge >= 0.3 is 0 Å². The molecule has 1 unspecified atom stereocenters. The number of piperazine rings is 1. The van der Waals surface area contributed by atoms with Gasteiger partial charge < -0.3 is 15.1 Å². The number of rotatable bonds is 10. The van der Waals surface area contributed by atoms with Gasteiger partial charge in [0.15, 0.2) is 0 Å². The Kier molecular flexibility index (Phi) is 9.89. The maximum absolute atomic E-state index is 13.5. The Morgan fingerprint density at radius 3 is 2.17 bits per heavy atom. The minimum absolute atomic E-state index is 0.0392. The summed E-state index contributed by atoms with van der Waals surface area (Å²) in [6.07, 6.45) is 1.54. The molecule has 3 rings (SSSR count). The van der Waals surface area contributed by atoms with E-state index in [2.05, 4.69) is 21.2 Å². The van der Waals surface area contributed by atoms with Crippen LogP contribution < -0.4 is 10.2 Å². The molecule has 2 aromatic carbocycles. The molecule has 192 valence electrons. The number of anilines is 2. The van der Waals surface area contributed by atoms with Gasteiger partial charge in [-0.15, -0.1) is 0 Å². The lowest BCUT2D eigenvalue weighted by Gasteiger charge is -2.41. The molecule has 0 spiro atoms. The van der Waals surface area contributed by atoms with E-state index in [4.69, 9.17) is 0 Å². The first-order valence-corrected chi connectivity index (χ1v) is 13.1. The van der Waals surface area contributed by atoms with Gasteiger partial charge in [0.1, 0.15) is 12.1 Å². The van der Waals surface area contributed by atoms with Gasteiger partial charge in [-0.2, -0.15) is 5.26 Å². The molecule has 0 radical (unpaired) electrons. The van der Waals surface area contributed by atoms with Crippen molar-refractivity contribution in [1.82, 2.24) is 9.80 Å². The first-order chi connectivity index (χ1) is 17.5. The smallest absolute Gasteiger partial charge is 0.244 e. The van der Waals surface area contributed by atoms with Crippen LogP contribution in [0.4, 0.5) is 11.4 Å². The summed E-state index contributed by atoms with van der Waals surface area (Å²) in [7, 11) is 0. The summed E-state index contributed by atoms with van der Waals surface area (Å²) < 4.78 is 0. The van der Waals surface area contributed by atoms with Crippen molar-refractivity contribution in [2.24, 2.45) is 5.92 Å². The van der Waals surface area contributed by atoms with Crippen LogP contribution in [-0.2, 0) is 9.59 Å². The van der Waals surface area contributed by atoms with Gasteiger partial charge in [-0.05, 0) is 50.5 Å². The number of benzene rings is 2. The lowest BCUT2D eigenvalue weighted by Crippen LogP contribution is -2.51. The van der Waals surface area contributed by atoms with E-state index in [-0.39, 0.29) is 23.8 Å². The van der Waals surface area contributed by atoms with Crippen LogP contribution in [0.25, 0.3) is 0 Å². The highest BCUT2D eigenvalue weighted by atomic mass is 16.2. The zero-order chi connectivity index (χ0) is 26.1. The molecule has 1 saturated heterocycles. The number of carbonyl (C=O) groups excluding carboxylic acids is 2. The molecule has 7 nitrogen and oxygen atoms in total. The van der Waals surface area contributed by atoms with Crippen molar-refractivity contribution in [2.75, 3.05) is 49.5 Å². The summed E-state index contributed by atoms with van der Waals surface area (Å²) >= 11 is 0. The first-order valence-electron chi connectivity index (χ1n) is 13.1. The minimum Gasteiger partial charge on any atom is -0.369 e. The average molecular weight is 490 g/mol. The first kappa shape index (κ1) is 27.2. The fourth-order valence-corrected chi connectivity index (χ4v) is 4.92. The Morgan fingerprint density at radius 1 is 0.972 bits per heavy atom. The van der Waals surface area contributed by atoms with E-state index in [1.807, 2.05) is 81.1 Å². The standard InChI is InChI=1S/C29H39N5O2/c1-5-22(6-2)28(35)31-26-15-14-25(20-24(26)21-30)33-16-18-34(19-17-33)27(23-12-10-9-11-13-23)29(36)32(7-3)8-4/h9-15,20,22,27H,5-8,16-19H2,1-4H3,(H,31,35). The summed E-state index contributed by atoms with van der Waals surface area (Å²) in [6, 6.07) is 17.6. The lowest BCUT2D eigenvalue weighted by atomic mass is 10.0. The fourth-order valence-electron chi connectivity index (χ4n) is 4.92. The number of carbonyl (C=O) groups is 2. The summed E-state index contributed by atoms with van der Waals surface area (Å²) in [5.74, 6) is 0.0487. The van der Waals surface area contributed by atoms with Crippen LogP contribution >= 0.6 is 0 Å². The maximum atomic E-state index is 13.5. The third kappa shape index (κ3) is 6.24. The molecule has 1 N–H and O–H groups in total. The van der Waals surface area contributed by atoms with E-state index in [1.165, 1.54) is 0 Å². The zero-order valence-corrected chi connectivity index (χ0v) is 22.0. The largest absolute Gasteiger partial charge is 0.369 e. The fraction of sp³-hybridized carbons (Fsp3) is 0.483. The third-order valence-corrected chi connectivity index (χ3v) is 7.21. The zero-order valence-electron chi connectivity index (χ0n) is 22.0. The van der Waals surface area contributed by atoms with Crippen LogP contribution in [0, 0.1) is 17.2 Å². The molecule has 2 amide bonds. The van der Waals surface area contributed by atoms with Crippen molar-refractivity contribution >= 4 is 23.2 Å². The number of nitrogens with one attached hydrogen (secondary N) is 1. The van der Waals surface area contributed by atoms with Crippen molar-refractivity contribution in [3.8, 4) is 6.07 Å². The monoisotopic (exact) mass is 489 g/mol. The number of nitrogens with zero attached hydrogens (tertiary/aromatic N) is 4. The predicted octanol–water partition coefficient (Wildman–Crippen LogP) is 4.66. The number of hydrogen-bond acceptors (Lipinski definition) is 5. The third-order valence-electron chi connectivity index (χ3n) is 7.21. The predicted molar refractivity (Wildman–Crippen MR) is 145 cm³/mol. The van der Waals surface area contributed by atoms with Gasteiger partial charge in [0.05, 0.1) is 11.3 Å². The number of hydrogen-bond donors (Lipinski definition) is 1. The van der Waals surface area contributed by atoms with Crippen molar-refractivity contribution < 1.29 is 9.59 Å². The number of amides is 2.